The SMILES string of the molecule is Cc1cc2nncc-2nn1O. The molecule has 0 aromatic heterocycles. The van der Waals surface area contributed by atoms with Gasteiger partial charge in [-0.25, -0.2) is 0 Å². The summed E-state index contributed by atoms with van der Waals surface area (Å²) in [6, 6.07) is 1.72. The van der Waals surface area contributed by atoms with Crippen LogP contribution in [0.3, 0.4) is 0 Å². The minimum Gasteiger partial charge on any atom is -0.411 e. The first-order valence-corrected chi connectivity index (χ1v) is 3.15. The van der Waals surface area contributed by atoms with E-state index in [0.29, 0.717) is 17.1 Å². The van der Waals surface area contributed by atoms with Crippen molar-refractivity contribution in [3.63, 3.8) is 0 Å². The molecule has 2 aliphatic heterocycles. The second kappa shape index (κ2) is 1.91. The molecule has 0 radical (unpaired) electrons. The highest BCUT2D eigenvalue weighted by Crippen LogP contribution is 2.14. The van der Waals surface area contributed by atoms with Crippen LogP contribution in [0.1, 0.15) is 5.69 Å². The molecule has 0 saturated carbocycles. The molecule has 0 aromatic carbocycles. The van der Waals surface area contributed by atoms with E-state index in [0.717, 1.165) is 4.85 Å². The van der Waals surface area contributed by atoms with Gasteiger partial charge in [0.05, 0.1) is 11.9 Å². The molecule has 0 aliphatic carbocycles. The Morgan fingerprint density at radius 2 is 2.27 bits per heavy atom. The Kier molecular flexibility index (Phi) is 1.06. The zero-order valence-electron chi connectivity index (χ0n) is 5.89. The Balaban J connectivity index is 2.77. The lowest BCUT2D eigenvalue weighted by Crippen LogP contribution is -2.04. The van der Waals surface area contributed by atoms with Crippen molar-refractivity contribution in [2.24, 2.45) is 0 Å². The molecule has 0 atom stereocenters. The van der Waals surface area contributed by atoms with Crippen molar-refractivity contribution in [1.29, 1.82) is 0 Å². The third kappa shape index (κ3) is 0.813. The summed E-state index contributed by atoms with van der Waals surface area (Å²) in [5.41, 5.74) is 1.93. The molecule has 0 unspecified atom stereocenters. The molecular formula is C6H6N4O. The van der Waals surface area contributed by atoms with E-state index >= 15 is 0 Å². The van der Waals surface area contributed by atoms with Crippen molar-refractivity contribution < 1.29 is 5.21 Å². The van der Waals surface area contributed by atoms with Gasteiger partial charge < -0.3 is 5.21 Å². The van der Waals surface area contributed by atoms with E-state index in [1.807, 2.05) is 0 Å². The van der Waals surface area contributed by atoms with Crippen LogP contribution >= 0.6 is 0 Å². The lowest BCUT2D eigenvalue weighted by Gasteiger charge is -2.01. The number of aromatic nitrogens is 4. The van der Waals surface area contributed by atoms with E-state index in [-0.39, 0.29) is 0 Å². The van der Waals surface area contributed by atoms with Crippen LogP contribution in [0.15, 0.2) is 12.3 Å². The Morgan fingerprint density at radius 3 is 3.09 bits per heavy atom. The van der Waals surface area contributed by atoms with E-state index < -0.39 is 0 Å². The standard InChI is InChI=1S/C6H6N4O/c1-4-2-5-6(3-7-8-5)9-10(4)11/h2-3,11H,1H3. The van der Waals surface area contributed by atoms with Gasteiger partial charge in [-0.2, -0.15) is 5.10 Å². The molecule has 2 rings (SSSR count). The molecule has 1 N–H and O–H groups in total. The van der Waals surface area contributed by atoms with Crippen molar-refractivity contribution in [3.05, 3.63) is 18.0 Å². The smallest absolute Gasteiger partial charge is 0.135 e. The molecule has 2 aliphatic rings. The van der Waals surface area contributed by atoms with Crippen molar-refractivity contribution in [2.45, 2.75) is 6.92 Å². The van der Waals surface area contributed by atoms with Gasteiger partial charge in [0.15, 0.2) is 0 Å². The molecule has 2 heterocycles. The number of aryl methyl sites for hydroxylation is 1. The average molecular weight is 150 g/mol. The van der Waals surface area contributed by atoms with Crippen LogP contribution < -0.4 is 0 Å². The maximum atomic E-state index is 9.09. The molecule has 0 spiro atoms. The van der Waals surface area contributed by atoms with Crippen LogP contribution in [0.2, 0.25) is 0 Å². The van der Waals surface area contributed by atoms with E-state index in [2.05, 4.69) is 15.3 Å². The van der Waals surface area contributed by atoms with Gasteiger partial charge in [-0.3, -0.25) is 0 Å². The summed E-state index contributed by atoms with van der Waals surface area (Å²) in [7, 11) is 0. The summed E-state index contributed by atoms with van der Waals surface area (Å²) in [4.78, 5) is 0.811. The Morgan fingerprint density at radius 1 is 1.45 bits per heavy atom. The maximum absolute atomic E-state index is 9.09. The second-order valence-electron chi connectivity index (χ2n) is 2.29. The summed E-state index contributed by atoms with van der Waals surface area (Å²) in [5.74, 6) is 0. The highest BCUT2D eigenvalue weighted by molar-refractivity contribution is 5.53. The van der Waals surface area contributed by atoms with Gasteiger partial charge in [-0.05, 0) is 13.0 Å². The number of hydrogen-bond acceptors (Lipinski definition) is 4. The monoisotopic (exact) mass is 150 g/mol. The molecule has 5 heteroatoms. The number of fused-ring (bicyclic) bond motifs is 1. The Labute approximate surface area is 62.6 Å². The summed E-state index contributed by atoms with van der Waals surface area (Å²) in [6.07, 6.45) is 1.50. The maximum Gasteiger partial charge on any atom is 0.135 e. The van der Waals surface area contributed by atoms with Crippen LogP contribution in [0.5, 0.6) is 0 Å². The first-order chi connectivity index (χ1) is 5.27. The summed E-state index contributed by atoms with van der Waals surface area (Å²) >= 11 is 0. The van der Waals surface area contributed by atoms with Gasteiger partial charge in [-0.1, -0.05) is 0 Å². The first kappa shape index (κ1) is 6.09. The lowest BCUT2D eigenvalue weighted by molar-refractivity contribution is 0.138. The third-order valence-corrected chi connectivity index (χ3v) is 1.47. The van der Waals surface area contributed by atoms with Crippen molar-refractivity contribution in [3.8, 4) is 11.4 Å². The van der Waals surface area contributed by atoms with Gasteiger partial charge in [0, 0.05) is 0 Å². The number of nitrogens with zero attached hydrogens (tertiary/aromatic N) is 4. The number of hydrogen-bond donors (Lipinski definition) is 1. The summed E-state index contributed by atoms with van der Waals surface area (Å²) < 4.78 is 0. The van der Waals surface area contributed by atoms with Gasteiger partial charge in [-0.15, -0.1) is 15.0 Å². The Hall–Kier alpha value is -1.65. The van der Waals surface area contributed by atoms with E-state index in [4.69, 9.17) is 5.21 Å². The van der Waals surface area contributed by atoms with E-state index in [1.54, 1.807) is 13.0 Å². The van der Waals surface area contributed by atoms with Gasteiger partial charge in [0.2, 0.25) is 0 Å². The van der Waals surface area contributed by atoms with E-state index in [9.17, 15) is 0 Å². The minimum atomic E-state index is 0.595. The summed E-state index contributed by atoms with van der Waals surface area (Å²) in [6.45, 7) is 1.74. The summed E-state index contributed by atoms with van der Waals surface area (Å²) in [5, 5.41) is 20.3. The van der Waals surface area contributed by atoms with Gasteiger partial charge >= 0.3 is 0 Å². The van der Waals surface area contributed by atoms with Crippen LogP contribution in [0.25, 0.3) is 11.4 Å². The van der Waals surface area contributed by atoms with Crippen molar-refractivity contribution >= 4 is 0 Å². The quantitative estimate of drug-likeness (QED) is 0.549. The normalized spacial score (nSPS) is 10.6. The predicted molar refractivity (Wildman–Crippen MR) is 36.4 cm³/mol. The van der Waals surface area contributed by atoms with Gasteiger partial charge in [0.25, 0.3) is 0 Å². The fraction of sp³-hybridized carbons (Fsp3) is 0.167. The van der Waals surface area contributed by atoms with Crippen LogP contribution in [-0.2, 0) is 0 Å². The number of rotatable bonds is 0. The largest absolute Gasteiger partial charge is 0.411 e. The molecule has 0 bridgehead atoms. The first-order valence-electron chi connectivity index (χ1n) is 3.15. The highest BCUT2D eigenvalue weighted by Gasteiger charge is 2.08. The highest BCUT2D eigenvalue weighted by atomic mass is 16.5. The molecular weight excluding hydrogens is 144 g/mol. The predicted octanol–water partition coefficient (Wildman–Crippen LogP) is 0.324. The molecule has 0 amide bonds. The zero-order chi connectivity index (χ0) is 7.84. The average Bonchev–Trinajstić information content (AvgIpc) is 2.36. The van der Waals surface area contributed by atoms with Crippen LogP contribution in [0, 0.1) is 6.92 Å². The topological polar surface area (TPSA) is 63.8 Å². The molecule has 56 valence electrons. The minimum absolute atomic E-state index is 0.595. The second-order valence-corrected chi connectivity index (χ2v) is 2.29. The fourth-order valence-electron chi connectivity index (χ4n) is 0.879. The van der Waals surface area contributed by atoms with Gasteiger partial charge in [0.1, 0.15) is 11.4 Å². The van der Waals surface area contributed by atoms with Crippen LogP contribution in [-0.4, -0.2) is 25.3 Å². The zero-order valence-corrected chi connectivity index (χ0v) is 5.89. The molecule has 5 nitrogen and oxygen atoms in total. The fourth-order valence-corrected chi connectivity index (χ4v) is 0.879. The third-order valence-electron chi connectivity index (χ3n) is 1.47. The molecule has 0 aromatic rings. The van der Waals surface area contributed by atoms with Crippen molar-refractivity contribution in [2.75, 3.05) is 0 Å². The van der Waals surface area contributed by atoms with Crippen molar-refractivity contribution in [1.82, 2.24) is 20.1 Å². The molecule has 0 saturated heterocycles. The lowest BCUT2D eigenvalue weighted by atomic mass is 10.3. The Bertz CT molecular complexity index is 323. The van der Waals surface area contributed by atoms with Crippen LogP contribution in [0.4, 0.5) is 0 Å². The molecule has 11 heavy (non-hydrogen) atoms. The van der Waals surface area contributed by atoms with E-state index in [1.165, 1.54) is 6.20 Å². The molecule has 0 fully saturated rings.